The number of carbonyl (C=O) groups excluding carboxylic acids is 3. The molecular weight excluding hydrogens is 446 g/mol. The van der Waals surface area contributed by atoms with Crippen molar-refractivity contribution in [3.63, 3.8) is 0 Å². The summed E-state index contributed by atoms with van der Waals surface area (Å²) < 4.78 is 5.49. The molecule has 0 radical (unpaired) electrons. The zero-order chi connectivity index (χ0) is 25.8. The van der Waals surface area contributed by atoms with E-state index in [2.05, 4.69) is 19.2 Å². The van der Waals surface area contributed by atoms with Gasteiger partial charge >= 0.3 is 6.09 Å². The van der Waals surface area contributed by atoms with Crippen LogP contribution < -0.4 is 5.32 Å². The summed E-state index contributed by atoms with van der Waals surface area (Å²) in [6.07, 6.45) is 0.664. The highest BCUT2D eigenvalue weighted by molar-refractivity contribution is 5.83. The molecule has 3 atom stereocenters. The zero-order valence-corrected chi connectivity index (χ0v) is 21.8. The minimum Gasteiger partial charge on any atom is -0.444 e. The van der Waals surface area contributed by atoms with E-state index in [9.17, 15) is 19.5 Å². The fourth-order valence-corrected chi connectivity index (χ4v) is 4.70. The Bertz CT molecular complexity index is 910. The van der Waals surface area contributed by atoms with Crippen LogP contribution in [0.25, 0.3) is 0 Å². The minimum absolute atomic E-state index is 0.0765. The second-order valence-corrected chi connectivity index (χ2v) is 11.2. The molecule has 2 aliphatic rings. The van der Waals surface area contributed by atoms with Crippen LogP contribution in [-0.4, -0.2) is 70.2 Å². The number of amides is 3. The first-order valence-corrected chi connectivity index (χ1v) is 12.7. The maximum atomic E-state index is 13.8. The number of rotatable bonds is 6. The summed E-state index contributed by atoms with van der Waals surface area (Å²) in [7, 11) is 0. The van der Waals surface area contributed by atoms with Crippen molar-refractivity contribution in [3.8, 4) is 0 Å². The molecule has 1 aromatic carbocycles. The highest BCUT2D eigenvalue weighted by Crippen LogP contribution is 2.29. The first-order valence-electron chi connectivity index (χ1n) is 12.7. The van der Waals surface area contributed by atoms with Crippen molar-refractivity contribution in [3.05, 3.63) is 35.4 Å². The molecule has 0 saturated carbocycles. The van der Waals surface area contributed by atoms with Crippen molar-refractivity contribution >= 4 is 17.9 Å². The Morgan fingerprint density at radius 2 is 1.86 bits per heavy atom. The van der Waals surface area contributed by atoms with Crippen LogP contribution >= 0.6 is 0 Å². The molecule has 1 saturated heterocycles. The van der Waals surface area contributed by atoms with Crippen molar-refractivity contribution in [1.29, 1.82) is 0 Å². The number of fused-ring (bicyclic) bond motifs is 1. The second-order valence-electron chi connectivity index (χ2n) is 11.2. The normalized spacial score (nSPS) is 22.5. The number of hydrogen-bond donors (Lipinski definition) is 2. The molecule has 2 aliphatic heterocycles. The lowest BCUT2D eigenvalue weighted by Gasteiger charge is -2.42. The van der Waals surface area contributed by atoms with Crippen LogP contribution in [0.3, 0.4) is 0 Å². The van der Waals surface area contributed by atoms with Crippen LogP contribution in [0.2, 0.25) is 0 Å². The summed E-state index contributed by atoms with van der Waals surface area (Å²) in [5.41, 5.74) is 1.54. The molecule has 0 aliphatic carbocycles. The Morgan fingerprint density at radius 1 is 1.17 bits per heavy atom. The topological polar surface area (TPSA) is 99.2 Å². The molecule has 3 amide bonds. The van der Waals surface area contributed by atoms with Gasteiger partial charge in [-0.3, -0.25) is 9.59 Å². The summed E-state index contributed by atoms with van der Waals surface area (Å²) in [6.45, 7) is 11.1. The Morgan fingerprint density at radius 3 is 2.51 bits per heavy atom. The molecular formula is C27H41N3O5. The van der Waals surface area contributed by atoms with Gasteiger partial charge < -0.3 is 25.0 Å². The van der Waals surface area contributed by atoms with Gasteiger partial charge in [-0.25, -0.2) is 4.79 Å². The molecule has 2 N–H and O–H groups in total. The maximum absolute atomic E-state index is 13.8. The van der Waals surface area contributed by atoms with Gasteiger partial charge in [-0.15, -0.1) is 0 Å². The highest BCUT2D eigenvalue weighted by atomic mass is 16.6. The van der Waals surface area contributed by atoms with Gasteiger partial charge in [0.15, 0.2) is 0 Å². The van der Waals surface area contributed by atoms with E-state index >= 15 is 0 Å². The van der Waals surface area contributed by atoms with Crippen molar-refractivity contribution in [2.75, 3.05) is 19.6 Å². The number of aliphatic hydroxyl groups is 1. The summed E-state index contributed by atoms with van der Waals surface area (Å²) in [5.74, 6) is -0.559. The number of aliphatic hydroxyl groups excluding tert-OH is 1. The van der Waals surface area contributed by atoms with Crippen molar-refractivity contribution in [2.45, 2.75) is 84.6 Å². The van der Waals surface area contributed by atoms with E-state index in [0.717, 1.165) is 17.5 Å². The van der Waals surface area contributed by atoms with Gasteiger partial charge in [0.2, 0.25) is 11.8 Å². The zero-order valence-electron chi connectivity index (χ0n) is 21.8. The molecule has 35 heavy (non-hydrogen) atoms. The summed E-state index contributed by atoms with van der Waals surface area (Å²) >= 11 is 0. The summed E-state index contributed by atoms with van der Waals surface area (Å²) in [4.78, 5) is 42.4. The lowest BCUT2D eigenvalue weighted by Crippen LogP contribution is -2.56. The van der Waals surface area contributed by atoms with Crippen LogP contribution in [0, 0.1) is 11.8 Å². The van der Waals surface area contributed by atoms with Crippen LogP contribution in [-0.2, 0) is 27.3 Å². The van der Waals surface area contributed by atoms with Gasteiger partial charge in [0.1, 0.15) is 5.60 Å². The Hall–Kier alpha value is -2.61. The van der Waals surface area contributed by atoms with E-state index in [-0.39, 0.29) is 30.8 Å². The average molecular weight is 488 g/mol. The SMILES string of the molecule is CC(C)CCNC(=O)CC1Cc2ccccc2CN1C(=O)C1CN(C(=O)OC(C)(C)C)CCC1O. The molecule has 0 spiro atoms. The van der Waals surface area contributed by atoms with E-state index < -0.39 is 23.7 Å². The van der Waals surface area contributed by atoms with Crippen molar-refractivity contribution in [1.82, 2.24) is 15.1 Å². The van der Waals surface area contributed by atoms with Crippen LogP contribution in [0.4, 0.5) is 4.79 Å². The summed E-state index contributed by atoms with van der Waals surface area (Å²) in [5, 5.41) is 13.7. The molecule has 2 heterocycles. The number of ether oxygens (including phenoxy) is 1. The monoisotopic (exact) mass is 487 g/mol. The molecule has 8 heteroatoms. The molecule has 194 valence electrons. The quantitative estimate of drug-likeness (QED) is 0.642. The predicted octanol–water partition coefficient (Wildman–Crippen LogP) is 3.11. The molecule has 0 aromatic heterocycles. The second kappa shape index (κ2) is 11.4. The van der Waals surface area contributed by atoms with E-state index in [4.69, 9.17) is 4.74 Å². The predicted molar refractivity (Wildman–Crippen MR) is 133 cm³/mol. The Balaban J connectivity index is 1.75. The minimum atomic E-state index is -0.848. The highest BCUT2D eigenvalue weighted by Gasteiger charge is 2.41. The van der Waals surface area contributed by atoms with Crippen LogP contribution in [0.1, 0.15) is 65.0 Å². The number of nitrogens with one attached hydrogen (secondary N) is 1. The van der Waals surface area contributed by atoms with E-state index in [1.165, 1.54) is 4.90 Å². The molecule has 3 unspecified atom stereocenters. The third-order valence-corrected chi connectivity index (χ3v) is 6.65. The lowest BCUT2D eigenvalue weighted by molar-refractivity contribution is -0.146. The fourth-order valence-electron chi connectivity index (χ4n) is 4.70. The molecule has 1 aromatic rings. The average Bonchev–Trinajstić information content (AvgIpc) is 2.77. The third kappa shape index (κ3) is 7.43. The first kappa shape index (κ1) is 27.0. The fraction of sp³-hybridized carbons (Fsp3) is 0.667. The van der Waals surface area contributed by atoms with Gasteiger partial charge in [0.05, 0.1) is 12.0 Å². The Kier molecular flexibility index (Phi) is 8.80. The van der Waals surface area contributed by atoms with E-state index in [0.29, 0.717) is 38.4 Å². The first-order chi connectivity index (χ1) is 16.4. The number of nitrogens with zero attached hydrogens (tertiary/aromatic N) is 2. The standard InChI is InChI=1S/C27H41N3O5/c1-18(2)10-12-28-24(32)15-21-14-19-8-6-7-9-20(19)16-30(21)25(33)22-17-29(13-11-23(22)31)26(34)35-27(3,4)5/h6-9,18,21-23,31H,10-17H2,1-5H3,(H,28,32). The smallest absolute Gasteiger partial charge is 0.410 e. The number of piperidine rings is 1. The number of likely N-dealkylation sites (tertiary alicyclic amines) is 1. The largest absolute Gasteiger partial charge is 0.444 e. The van der Waals surface area contributed by atoms with E-state index in [1.54, 1.807) is 25.7 Å². The van der Waals surface area contributed by atoms with Gasteiger partial charge in [0, 0.05) is 38.6 Å². The third-order valence-electron chi connectivity index (χ3n) is 6.65. The molecule has 0 bridgehead atoms. The number of benzene rings is 1. The van der Waals surface area contributed by atoms with Gasteiger partial charge in [-0.2, -0.15) is 0 Å². The molecule has 3 rings (SSSR count). The number of carbonyl (C=O) groups is 3. The maximum Gasteiger partial charge on any atom is 0.410 e. The Labute approximate surface area is 209 Å². The van der Waals surface area contributed by atoms with Gasteiger partial charge in [-0.1, -0.05) is 38.1 Å². The van der Waals surface area contributed by atoms with Crippen molar-refractivity contribution < 1.29 is 24.2 Å². The van der Waals surface area contributed by atoms with Gasteiger partial charge in [-0.05, 0) is 57.1 Å². The van der Waals surface area contributed by atoms with Crippen molar-refractivity contribution in [2.24, 2.45) is 11.8 Å². The number of hydrogen-bond acceptors (Lipinski definition) is 5. The summed E-state index contributed by atoms with van der Waals surface area (Å²) in [6, 6.07) is 7.65. The molecule has 8 nitrogen and oxygen atoms in total. The molecule has 1 fully saturated rings. The van der Waals surface area contributed by atoms with Gasteiger partial charge in [0.25, 0.3) is 0 Å². The van der Waals surface area contributed by atoms with Crippen LogP contribution in [0.5, 0.6) is 0 Å². The van der Waals surface area contributed by atoms with E-state index in [1.807, 2.05) is 24.3 Å². The lowest BCUT2D eigenvalue weighted by atomic mass is 9.88. The van der Waals surface area contributed by atoms with Crippen LogP contribution in [0.15, 0.2) is 24.3 Å².